The Labute approximate surface area is 76.7 Å². The number of allylic oxidation sites excluding steroid dienone is 5. The number of hydrogen-bond donors (Lipinski definition) is 0. The second kappa shape index (κ2) is 6.90. The normalized spacial score (nSPS) is 13.2. The lowest BCUT2D eigenvalue weighted by Crippen LogP contribution is -1.82. The average Bonchev–Trinajstić information content (AvgIpc) is 2.05. The average molecular weight is 164 g/mol. The highest BCUT2D eigenvalue weighted by molar-refractivity contribution is 5.12. The summed E-state index contributed by atoms with van der Waals surface area (Å²) in [7, 11) is 0. The summed E-state index contributed by atoms with van der Waals surface area (Å²) in [5.74, 6) is 0. The van der Waals surface area contributed by atoms with E-state index in [2.05, 4.69) is 39.5 Å². The molecule has 0 unspecified atom stereocenters. The van der Waals surface area contributed by atoms with Crippen molar-refractivity contribution < 1.29 is 0 Å². The van der Waals surface area contributed by atoms with E-state index in [-0.39, 0.29) is 0 Å². The lowest BCUT2D eigenvalue weighted by molar-refractivity contribution is 0.939. The molecule has 0 radical (unpaired) electrons. The van der Waals surface area contributed by atoms with Crippen LogP contribution in [0.1, 0.15) is 40.0 Å². The van der Waals surface area contributed by atoms with Crippen molar-refractivity contribution in [1.82, 2.24) is 0 Å². The van der Waals surface area contributed by atoms with Crippen molar-refractivity contribution in [3.8, 4) is 0 Å². The van der Waals surface area contributed by atoms with Gasteiger partial charge in [-0.05, 0) is 40.0 Å². The molecule has 0 rings (SSSR count). The Morgan fingerprint density at radius 2 is 1.92 bits per heavy atom. The van der Waals surface area contributed by atoms with Crippen LogP contribution in [0, 0.1) is 0 Å². The first-order chi connectivity index (χ1) is 5.72. The molecule has 0 heterocycles. The van der Waals surface area contributed by atoms with Gasteiger partial charge in [-0.2, -0.15) is 0 Å². The van der Waals surface area contributed by atoms with Crippen LogP contribution in [0.4, 0.5) is 0 Å². The maximum Gasteiger partial charge on any atom is -0.0142 e. The van der Waals surface area contributed by atoms with E-state index in [0.29, 0.717) is 0 Å². The Kier molecular flexibility index (Phi) is 6.45. The summed E-state index contributed by atoms with van der Waals surface area (Å²) in [6.45, 7) is 10.2. The molecule has 0 spiro atoms. The minimum absolute atomic E-state index is 1.03. The van der Waals surface area contributed by atoms with Gasteiger partial charge in [-0.1, -0.05) is 29.4 Å². The predicted octanol–water partition coefficient (Wildman–Crippen LogP) is 4.26. The van der Waals surface area contributed by atoms with E-state index in [9.17, 15) is 0 Å². The van der Waals surface area contributed by atoms with E-state index in [4.69, 9.17) is 0 Å². The summed E-state index contributed by atoms with van der Waals surface area (Å²) < 4.78 is 0. The number of hydrogen-bond acceptors (Lipinski definition) is 0. The lowest BCUT2D eigenvalue weighted by atomic mass is 10.0. The summed E-state index contributed by atoms with van der Waals surface area (Å²) in [5, 5.41) is 0. The van der Waals surface area contributed by atoms with Crippen LogP contribution in [0.3, 0.4) is 0 Å². The van der Waals surface area contributed by atoms with Gasteiger partial charge in [0.2, 0.25) is 0 Å². The molecule has 0 aromatic carbocycles. The summed E-state index contributed by atoms with van der Waals surface area (Å²) in [6.07, 6.45) is 9.66. The van der Waals surface area contributed by atoms with E-state index >= 15 is 0 Å². The number of rotatable bonds is 5. The lowest BCUT2D eigenvalue weighted by Gasteiger charge is -2.03. The molecule has 0 atom stereocenters. The van der Waals surface area contributed by atoms with Gasteiger partial charge in [0.05, 0.1) is 0 Å². The van der Waals surface area contributed by atoms with E-state index in [1.54, 1.807) is 0 Å². The standard InChI is InChI=1S/C12H20/c1-5-7-8-10-12(4)11(3)9-6-2/h5-7H,2,8-10H2,1,3-4H3/b7-5+,12-11+. The summed E-state index contributed by atoms with van der Waals surface area (Å²) in [5.41, 5.74) is 2.97. The van der Waals surface area contributed by atoms with Crippen LogP contribution in [0.25, 0.3) is 0 Å². The van der Waals surface area contributed by atoms with Crippen molar-refractivity contribution in [3.63, 3.8) is 0 Å². The van der Waals surface area contributed by atoms with Gasteiger partial charge in [0.25, 0.3) is 0 Å². The molecule has 0 bridgehead atoms. The van der Waals surface area contributed by atoms with Crippen LogP contribution < -0.4 is 0 Å². The minimum Gasteiger partial charge on any atom is -0.103 e. The first-order valence-corrected chi connectivity index (χ1v) is 4.59. The third-order valence-electron chi connectivity index (χ3n) is 2.10. The molecule has 0 fully saturated rings. The Morgan fingerprint density at radius 1 is 1.25 bits per heavy atom. The molecule has 0 saturated heterocycles. The maximum atomic E-state index is 3.73. The SMILES string of the molecule is C=CC/C(C)=C(\C)CC/C=C/C. The molecule has 0 N–H and O–H groups in total. The molecular weight excluding hydrogens is 144 g/mol. The first-order valence-electron chi connectivity index (χ1n) is 4.59. The van der Waals surface area contributed by atoms with Gasteiger partial charge in [0.1, 0.15) is 0 Å². The minimum atomic E-state index is 1.03. The molecule has 0 aromatic rings. The van der Waals surface area contributed by atoms with Crippen LogP contribution in [0.2, 0.25) is 0 Å². The van der Waals surface area contributed by atoms with E-state index in [1.807, 2.05) is 6.08 Å². The molecule has 0 aliphatic rings. The fourth-order valence-corrected chi connectivity index (χ4v) is 1.07. The monoisotopic (exact) mass is 164 g/mol. The summed E-state index contributed by atoms with van der Waals surface area (Å²) in [6, 6.07) is 0. The molecule has 0 nitrogen and oxygen atoms in total. The summed E-state index contributed by atoms with van der Waals surface area (Å²) >= 11 is 0. The molecule has 0 aliphatic heterocycles. The largest absolute Gasteiger partial charge is 0.103 e. The second-order valence-electron chi connectivity index (χ2n) is 3.16. The maximum absolute atomic E-state index is 3.73. The van der Waals surface area contributed by atoms with Gasteiger partial charge in [-0.25, -0.2) is 0 Å². The smallest absolute Gasteiger partial charge is 0.0142 e. The van der Waals surface area contributed by atoms with Crippen LogP contribution in [0.5, 0.6) is 0 Å². The van der Waals surface area contributed by atoms with Crippen molar-refractivity contribution >= 4 is 0 Å². The van der Waals surface area contributed by atoms with Crippen molar-refractivity contribution in [3.05, 3.63) is 36.0 Å². The van der Waals surface area contributed by atoms with Crippen molar-refractivity contribution in [2.45, 2.75) is 40.0 Å². The second-order valence-corrected chi connectivity index (χ2v) is 3.16. The molecule has 12 heavy (non-hydrogen) atoms. The van der Waals surface area contributed by atoms with Crippen LogP contribution in [0.15, 0.2) is 36.0 Å². The van der Waals surface area contributed by atoms with Gasteiger partial charge in [0.15, 0.2) is 0 Å². The molecule has 0 aliphatic carbocycles. The highest BCUT2D eigenvalue weighted by atomic mass is 14.0. The van der Waals surface area contributed by atoms with Crippen molar-refractivity contribution in [2.75, 3.05) is 0 Å². The van der Waals surface area contributed by atoms with E-state index in [1.165, 1.54) is 17.6 Å². The summed E-state index contributed by atoms with van der Waals surface area (Å²) in [4.78, 5) is 0. The molecule has 0 amide bonds. The Balaban J connectivity index is 3.89. The van der Waals surface area contributed by atoms with Gasteiger partial charge in [0, 0.05) is 0 Å². The third kappa shape index (κ3) is 4.95. The zero-order chi connectivity index (χ0) is 9.40. The Hall–Kier alpha value is -0.780. The highest BCUT2D eigenvalue weighted by Gasteiger charge is 1.93. The Bertz CT molecular complexity index is 182. The predicted molar refractivity (Wildman–Crippen MR) is 57.2 cm³/mol. The van der Waals surface area contributed by atoms with Gasteiger partial charge >= 0.3 is 0 Å². The van der Waals surface area contributed by atoms with E-state index in [0.717, 1.165) is 12.8 Å². The quantitative estimate of drug-likeness (QED) is 0.533. The van der Waals surface area contributed by atoms with Gasteiger partial charge in [-0.3, -0.25) is 0 Å². The molecule has 0 aromatic heterocycles. The van der Waals surface area contributed by atoms with Crippen LogP contribution in [-0.2, 0) is 0 Å². The fourth-order valence-electron chi connectivity index (χ4n) is 1.07. The van der Waals surface area contributed by atoms with Crippen LogP contribution in [-0.4, -0.2) is 0 Å². The molecule has 0 saturated carbocycles. The molecular formula is C12H20. The topological polar surface area (TPSA) is 0 Å². The van der Waals surface area contributed by atoms with Crippen LogP contribution >= 0.6 is 0 Å². The Morgan fingerprint density at radius 3 is 2.42 bits per heavy atom. The molecule has 68 valence electrons. The zero-order valence-corrected chi connectivity index (χ0v) is 8.56. The van der Waals surface area contributed by atoms with Crippen molar-refractivity contribution in [2.24, 2.45) is 0 Å². The van der Waals surface area contributed by atoms with E-state index < -0.39 is 0 Å². The van der Waals surface area contributed by atoms with Gasteiger partial charge < -0.3 is 0 Å². The molecule has 0 heteroatoms. The highest BCUT2D eigenvalue weighted by Crippen LogP contribution is 2.13. The zero-order valence-electron chi connectivity index (χ0n) is 8.56. The third-order valence-corrected chi connectivity index (χ3v) is 2.10. The first kappa shape index (κ1) is 11.2. The van der Waals surface area contributed by atoms with Crippen molar-refractivity contribution in [1.29, 1.82) is 0 Å². The van der Waals surface area contributed by atoms with Gasteiger partial charge in [-0.15, -0.1) is 6.58 Å². The fraction of sp³-hybridized carbons (Fsp3) is 0.500.